The van der Waals surface area contributed by atoms with Crippen LogP contribution in [0.5, 0.6) is 0 Å². The summed E-state index contributed by atoms with van der Waals surface area (Å²) in [6.45, 7) is 0. The van der Waals surface area contributed by atoms with Gasteiger partial charge in [-0.05, 0) is 24.3 Å². The Kier molecular flexibility index (Phi) is 3.22. The van der Waals surface area contributed by atoms with Crippen molar-refractivity contribution in [2.45, 2.75) is 5.51 Å². The monoisotopic (exact) mass is 252 g/mol. The van der Waals surface area contributed by atoms with Crippen molar-refractivity contribution in [1.82, 2.24) is 0 Å². The molecule has 0 aromatic heterocycles. The largest absolute Gasteiger partial charge is 0.516 e. The van der Waals surface area contributed by atoms with Gasteiger partial charge < -0.3 is 0 Å². The molecule has 0 unspecified atom stereocenters. The Balaban J connectivity index is 2.93. The third-order valence-corrected chi connectivity index (χ3v) is 2.67. The molecule has 0 aliphatic heterocycles. The second-order valence-electron chi connectivity index (χ2n) is 2.73. The molecule has 1 N–H and O–H groups in total. The highest BCUT2D eigenvalue weighted by Crippen LogP contribution is 2.25. The second-order valence-corrected chi connectivity index (χ2v) is 4.40. The fourth-order valence-electron chi connectivity index (χ4n) is 0.819. The summed E-state index contributed by atoms with van der Waals surface area (Å²) < 4.78 is 58.5. The van der Waals surface area contributed by atoms with E-state index in [1.54, 1.807) is 0 Å². The molecule has 8 heteroatoms. The fraction of sp³-hybridized carbons (Fsp3) is 0.125. The predicted molar refractivity (Wildman–Crippen MR) is 49.8 cm³/mol. The number of benzene rings is 1. The first-order chi connectivity index (χ1) is 7.26. The summed E-state index contributed by atoms with van der Waals surface area (Å²) in [4.78, 5) is 10.1. The number of nitrogens with one attached hydrogen (secondary N) is 1. The van der Waals surface area contributed by atoms with E-state index < -0.39 is 15.5 Å². The molecule has 87 valence electrons. The first-order valence-electron chi connectivity index (χ1n) is 3.83. The standard InChI is InChI=1S/C8H5F3NO3S/c9-8(10,11)16(14,15)12-7-3-1-6(5-13)2-4-7/h1-4,12H. The molecular weight excluding hydrogens is 247 g/mol. The fourth-order valence-corrected chi connectivity index (χ4v) is 1.38. The lowest BCUT2D eigenvalue weighted by Crippen LogP contribution is -2.29. The Hall–Kier alpha value is -1.57. The van der Waals surface area contributed by atoms with Crippen molar-refractivity contribution < 1.29 is 26.4 Å². The van der Waals surface area contributed by atoms with E-state index in [4.69, 9.17) is 0 Å². The van der Waals surface area contributed by atoms with E-state index in [-0.39, 0.29) is 11.3 Å². The third kappa shape index (κ3) is 2.72. The highest BCUT2D eigenvalue weighted by atomic mass is 32.2. The number of sulfonamides is 1. The minimum Gasteiger partial charge on any atom is -0.285 e. The smallest absolute Gasteiger partial charge is 0.285 e. The van der Waals surface area contributed by atoms with E-state index in [1.807, 2.05) is 0 Å². The quantitative estimate of drug-likeness (QED) is 0.884. The molecule has 0 aliphatic rings. The molecule has 0 amide bonds. The van der Waals surface area contributed by atoms with Gasteiger partial charge in [-0.15, -0.1) is 0 Å². The summed E-state index contributed by atoms with van der Waals surface area (Å²) >= 11 is 0. The number of rotatable bonds is 3. The van der Waals surface area contributed by atoms with Gasteiger partial charge in [0.15, 0.2) is 0 Å². The highest BCUT2D eigenvalue weighted by molar-refractivity contribution is 7.93. The average molecular weight is 252 g/mol. The van der Waals surface area contributed by atoms with Crippen LogP contribution < -0.4 is 4.72 Å². The van der Waals surface area contributed by atoms with Crippen LogP contribution in [0, 0.1) is 0 Å². The summed E-state index contributed by atoms with van der Waals surface area (Å²) in [5.41, 5.74) is -5.55. The molecule has 1 aromatic carbocycles. The van der Waals surface area contributed by atoms with Gasteiger partial charge in [0, 0.05) is 11.3 Å². The molecule has 1 rings (SSSR count). The molecule has 4 nitrogen and oxygen atoms in total. The Morgan fingerprint density at radius 1 is 1.12 bits per heavy atom. The molecule has 1 aromatic rings. The average Bonchev–Trinajstić information content (AvgIpc) is 2.16. The molecule has 0 atom stereocenters. The Morgan fingerprint density at radius 2 is 1.62 bits per heavy atom. The lowest BCUT2D eigenvalue weighted by Gasteiger charge is -2.10. The number of hydrogen-bond acceptors (Lipinski definition) is 3. The maximum atomic E-state index is 12.0. The van der Waals surface area contributed by atoms with Crippen LogP contribution in [0.3, 0.4) is 0 Å². The number of carbonyl (C=O) groups excluding carboxylic acids is 1. The van der Waals surface area contributed by atoms with Gasteiger partial charge in [0.25, 0.3) is 0 Å². The predicted octanol–water partition coefficient (Wildman–Crippen LogP) is 1.41. The summed E-state index contributed by atoms with van der Waals surface area (Å²) in [5, 5.41) is 0. The van der Waals surface area contributed by atoms with Gasteiger partial charge in [-0.2, -0.15) is 21.6 Å². The SMILES string of the molecule is O=[C]c1ccc(NS(=O)(=O)C(F)(F)F)cc1. The van der Waals surface area contributed by atoms with Crippen molar-refractivity contribution in [3.8, 4) is 0 Å². The zero-order valence-corrected chi connectivity index (χ0v) is 8.39. The van der Waals surface area contributed by atoms with Crippen molar-refractivity contribution in [3.05, 3.63) is 29.8 Å². The van der Waals surface area contributed by atoms with E-state index in [9.17, 15) is 26.4 Å². The third-order valence-electron chi connectivity index (χ3n) is 1.56. The van der Waals surface area contributed by atoms with Crippen molar-refractivity contribution in [1.29, 1.82) is 0 Å². The molecule has 16 heavy (non-hydrogen) atoms. The summed E-state index contributed by atoms with van der Waals surface area (Å²) in [5.74, 6) is 0. The van der Waals surface area contributed by atoms with Crippen LogP contribution in [0.1, 0.15) is 5.56 Å². The van der Waals surface area contributed by atoms with Crippen LogP contribution in [0.2, 0.25) is 0 Å². The molecule has 0 spiro atoms. The van der Waals surface area contributed by atoms with Gasteiger partial charge in [-0.25, -0.2) is 0 Å². The van der Waals surface area contributed by atoms with E-state index in [2.05, 4.69) is 0 Å². The van der Waals surface area contributed by atoms with Crippen LogP contribution in [-0.4, -0.2) is 20.2 Å². The number of hydrogen-bond donors (Lipinski definition) is 1. The molecule has 0 aliphatic carbocycles. The van der Waals surface area contributed by atoms with Crippen LogP contribution in [0.25, 0.3) is 0 Å². The summed E-state index contributed by atoms with van der Waals surface area (Å²) in [7, 11) is -5.42. The lowest BCUT2D eigenvalue weighted by atomic mass is 10.2. The molecule has 1 radical (unpaired) electrons. The Labute approximate surface area is 89.1 Å². The summed E-state index contributed by atoms with van der Waals surface area (Å²) in [6.07, 6.45) is 1.50. The van der Waals surface area contributed by atoms with E-state index in [0.717, 1.165) is 24.3 Å². The van der Waals surface area contributed by atoms with Crippen molar-refractivity contribution in [2.75, 3.05) is 4.72 Å². The molecule has 0 saturated carbocycles. The molecule has 0 heterocycles. The zero-order valence-electron chi connectivity index (χ0n) is 7.58. The maximum Gasteiger partial charge on any atom is 0.516 e. The minimum atomic E-state index is -5.42. The topological polar surface area (TPSA) is 63.2 Å². The number of halogens is 3. The van der Waals surface area contributed by atoms with Gasteiger partial charge in [-0.3, -0.25) is 9.52 Å². The number of anilines is 1. The minimum absolute atomic E-state index is 0.106. The molecule has 0 fully saturated rings. The van der Waals surface area contributed by atoms with E-state index in [0.29, 0.717) is 0 Å². The van der Waals surface area contributed by atoms with Crippen molar-refractivity contribution >= 4 is 22.0 Å². The van der Waals surface area contributed by atoms with Crippen molar-refractivity contribution in [3.63, 3.8) is 0 Å². The van der Waals surface area contributed by atoms with Crippen LogP contribution in [-0.2, 0) is 14.8 Å². The van der Waals surface area contributed by atoms with Gasteiger partial charge in [0.05, 0.1) is 0 Å². The van der Waals surface area contributed by atoms with E-state index in [1.165, 1.54) is 11.0 Å². The summed E-state index contributed by atoms with van der Waals surface area (Å²) in [6, 6.07) is 4.34. The van der Waals surface area contributed by atoms with Crippen molar-refractivity contribution in [2.24, 2.45) is 0 Å². The number of alkyl halides is 3. The van der Waals surface area contributed by atoms with E-state index >= 15 is 0 Å². The highest BCUT2D eigenvalue weighted by Gasteiger charge is 2.45. The van der Waals surface area contributed by atoms with Gasteiger partial charge in [0.2, 0.25) is 6.29 Å². The zero-order chi connectivity index (χ0) is 12.4. The maximum absolute atomic E-state index is 12.0. The first-order valence-corrected chi connectivity index (χ1v) is 5.32. The lowest BCUT2D eigenvalue weighted by molar-refractivity contribution is -0.0429. The normalized spacial score (nSPS) is 12.2. The Bertz CT molecular complexity index is 478. The van der Waals surface area contributed by atoms with Crippen LogP contribution in [0.15, 0.2) is 24.3 Å². The second kappa shape index (κ2) is 4.12. The first kappa shape index (κ1) is 12.5. The molecule has 0 bridgehead atoms. The van der Waals surface area contributed by atoms with Crippen LogP contribution in [0.4, 0.5) is 18.9 Å². The molecule has 0 saturated heterocycles. The van der Waals surface area contributed by atoms with Gasteiger partial charge in [-0.1, -0.05) is 0 Å². The molecular formula is C8H5F3NO3S. The Morgan fingerprint density at radius 3 is 2.00 bits per heavy atom. The van der Waals surface area contributed by atoms with Crippen LogP contribution >= 0.6 is 0 Å². The van der Waals surface area contributed by atoms with Gasteiger partial charge in [0.1, 0.15) is 0 Å². The van der Waals surface area contributed by atoms with Gasteiger partial charge >= 0.3 is 15.5 Å².